The van der Waals surface area contributed by atoms with E-state index in [0.29, 0.717) is 25.1 Å². The number of hydrogen-bond donors (Lipinski definition) is 2. The van der Waals surface area contributed by atoms with Crippen molar-refractivity contribution in [3.05, 3.63) is 77.4 Å². The number of nitrogens with zero attached hydrogens (tertiary/aromatic N) is 1. The lowest BCUT2D eigenvalue weighted by molar-refractivity contribution is -0.141. The maximum absolute atomic E-state index is 14.3. The van der Waals surface area contributed by atoms with Crippen molar-refractivity contribution in [2.24, 2.45) is 5.92 Å². The summed E-state index contributed by atoms with van der Waals surface area (Å²) in [7, 11) is 0. The molecule has 0 aromatic heterocycles. The van der Waals surface area contributed by atoms with Gasteiger partial charge in [0, 0.05) is 12.2 Å². The first kappa shape index (κ1) is 31.7. The quantitative estimate of drug-likeness (QED) is 0.273. The fourth-order valence-corrected chi connectivity index (χ4v) is 4.93. The molecule has 7 heteroatoms. The number of benzene rings is 3. The highest BCUT2D eigenvalue weighted by Crippen LogP contribution is 2.29. The number of ether oxygens (including phenoxy) is 1. The normalized spacial score (nSPS) is 13.0. The molecular formula is C34H45N3O4. The Bertz CT molecular complexity index is 1380. The molecule has 7 nitrogen and oxygen atoms in total. The zero-order valence-electron chi connectivity index (χ0n) is 25.7. The van der Waals surface area contributed by atoms with Crippen molar-refractivity contribution in [3.63, 3.8) is 0 Å². The lowest BCUT2D eigenvalue weighted by Crippen LogP contribution is -2.53. The summed E-state index contributed by atoms with van der Waals surface area (Å²) in [6, 6.07) is 17.9. The number of anilines is 1. The minimum Gasteiger partial charge on any atom is -0.444 e. The summed E-state index contributed by atoms with van der Waals surface area (Å²) in [6.07, 6.45) is 0.387. The fourth-order valence-electron chi connectivity index (χ4n) is 4.93. The van der Waals surface area contributed by atoms with Gasteiger partial charge in [0.15, 0.2) is 0 Å². The van der Waals surface area contributed by atoms with Crippen LogP contribution in [0.3, 0.4) is 0 Å². The Morgan fingerprint density at radius 2 is 1.61 bits per heavy atom. The zero-order chi connectivity index (χ0) is 30.3. The van der Waals surface area contributed by atoms with E-state index in [1.54, 1.807) is 25.7 Å². The lowest BCUT2D eigenvalue weighted by Gasteiger charge is -2.35. The van der Waals surface area contributed by atoms with E-state index >= 15 is 0 Å². The SMILES string of the molecule is CCCN(C(=O)C(CC(C)C)NC(=O)OC(C)(C)C)C(C(=O)Nc1ccc2ccccc2c1)c1cc(C)ccc1C. The standard InChI is InChI=1S/C34H45N3O4/c1-9-18-37(32(39)29(19-22(2)3)36-33(40)41-34(6,7)8)30(28-20-23(4)14-15-24(28)5)31(38)35-27-17-16-25-12-10-11-13-26(25)21-27/h10-17,20-22,29-30H,9,18-19H2,1-8H3,(H,35,38)(H,36,40). The van der Waals surface area contributed by atoms with Gasteiger partial charge in [-0.1, -0.05) is 74.9 Å². The monoisotopic (exact) mass is 559 g/mol. The van der Waals surface area contributed by atoms with E-state index in [4.69, 9.17) is 4.74 Å². The Hall–Kier alpha value is -3.87. The Balaban J connectivity index is 2.04. The van der Waals surface area contributed by atoms with Crippen LogP contribution in [0.15, 0.2) is 60.7 Å². The summed E-state index contributed by atoms with van der Waals surface area (Å²) < 4.78 is 5.48. The van der Waals surface area contributed by atoms with Crippen LogP contribution in [0, 0.1) is 19.8 Å². The van der Waals surface area contributed by atoms with Gasteiger partial charge in [-0.2, -0.15) is 0 Å². The highest BCUT2D eigenvalue weighted by molar-refractivity contribution is 6.00. The van der Waals surface area contributed by atoms with Gasteiger partial charge in [0.25, 0.3) is 5.91 Å². The molecule has 3 aromatic carbocycles. The van der Waals surface area contributed by atoms with Gasteiger partial charge in [-0.15, -0.1) is 0 Å². The highest BCUT2D eigenvalue weighted by Gasteiger charge is 2.37. The molecule has 3 rings (SSSR count). The third-order valence-electron chi connectivity index (χ3n) is 6.75. The molecule has 0 heterocycles. The van der Waals surface area contributed by atoms with Crippen molar-refractivity contribution < 1.29 is 19.1 Å². The van der Waals surface area contributed by atoms with E-state index in [1.165, 1.54) is 0 Å². The number of alkyl carbamates (subject to hydrolysis) is 1. The van der Waals surface area contributed by atoms with Gasteiger partial charge in [-0.25, -0.2) is 4.79 Å². The summed E-state index contributed by atoms with van der Waals surface area (Å²) in [5, 5.41) is 7.96. The summed E-state index contributed by atoms with van der Waals surface area (Å²) in [6.45, 7) is 15.6. The van der Waals surface area contributed by atoms with Crippen molar-refractivity contribution in [1.29, 1.82) is 0 Å². The number of carbonyl (C=O) groups is 3. The maximum atomic E-state index is 14.3. The van der Waals surface area contributed by atoms with Crippen molar-refractivity contribution in [2.45, 2.75) is 85.9 Å². The van der Waals surface area contributed by atoms with Gasteiger partial charge in [0.05, 0.1) is 0 Å². The highest BCUT2D eigenvalue weighted by atomic mass is 16.6. The zero-order valence-corrected chi connectivity index (χ0v) is 25.7. The van der Waals surface area contributed by atoms with Crippen molar-refractivity contribution in [3.8, 4) is 0 Å². The number of nitrogens with one attached hydrogen (secondary N) is 2. The minimum atomic E-state index is -0.899. The van der Waals surface area contributed by atoms with Crippen LogP contribution in [0.1, 0.15) is 77.1 Å². The van der Waals surface area contributed by atoms with Gasteiger partial charge < -0.3 is 20.3 Å². The molecule has 0 saturated heterocycles. The van der Waals surface area contributed by atoms with Crippen LogP contribution in [-0.2, 0) is 14.3 Å². The maximum Gasteiger partial charge on any atom is 0.408 e. The van der Waals surface area contributed by atoms with Gasteiger partial charge >= 0.3 is 6.09 Å². The van der Waals surface area contributed by atoms with Crippen LogP contribution in [0.25, 0.3) is 10.8 Å². The van der Waals surface area contributed by atoms with Crippen molar-refractivity contribution >= 4 is 34.4 Å². The molecule has 3 amide bonds. The number of fused-ring (bicyclic) bond motifs is 1. The molecular weight excluding hydrogens is 514 g/mol. The largest absolute Gasteiger partial charge is 0.444 e. The minimum absolute atomic E-state index is 0.118. The number of carbonyl (C=O) groups excluding carboxylic acids is 3. The molecule has 0 aliphatic heterocycles. The first-order chi connectivity index (χ1) is 19.3. The van der Waals surface area contributed by atoms with Gasteiger partial charge in [-0.3, -0.25) is 9.59 Å². The molecule has 2 N–H and O–H groups in total. The predicted octanol–water partition coefficient (Wildman–Crippen LogP) is 7.31. The summed E-state index contributed by atoms with van der Waals surface area (Å²) >= 11 is 0. The number of amides is 3. The van der Waals surface area contributed by atoms with Crippen LogP contribution in [0.5, 0.6) is 0 Å². The van der Waals surface area contributed by atoms with Crippen molar-refractivity contribution in [2.75, 3.05) is 11.9 Å². The molecule has 0 saturated carbocycles. The first-order valence-electron chi connectivity index (χ1n) is 14.5. The Morgan fingerprint density at radius 1 is 0.927 bits per heavy atom. The molecule has 2 unspecified atom stereocenters. The van der Waals surface area contributed by atoms with E-state index in [9.17, 15) is 14.4 Å². The second kappa shape index (κ2) is 13.7. The molecule has 0 bridgehead atoms. The molecule has 41 heavy (non-hydrogen) atoms. The van der Waals surface area contributed by atoms with Gasteiger partial charge in [0.2, 0.25) is 5.91 Å². The molecule has 3 aromatic rings. The predicted molar refractivity (Wildman–Crippen MR) is 166 cm³/mol. The first-order valence-corrected chi connectivity index (χ1v) is 14.5. The second-order valence-corrected chi connectivity index (χ2v) is 12.2. The van der Waals surface area contributed by atoms with E-state index in [0.717, 1.165) is 27.5 Å². The van der Waals surface area contributed by atoms with Gasteiger partial charge in [-0.05, 0) is 87.4 Å². The molecule has 0 radical (unpaired) electrons. The molecule has 220 valence electrons. The fraction of sp³-hybridized carbons (Fsp3) is 0.441. The van der Waals surface area contributed by atoms with Crippen LogP contribution in [0.4, 0.5) is 10.5 Å². The van der Waals surface area contributed by atoms with E-state index in [1.807, 2.05) is 95.3 Å². The summed E-state index contributed by atoms with van der Waals surface area (Å²) in [5.74, 6) is -0.504. The molecule has 0 spiro atoms. The second-order valence-electron chi connectivity index (χ2n) is 12.2. The average Bonchev–Trinajstić information content (AvgIpc) is 2.88. The van der Waals surface area contributed by atoms with Gasteiger partial charge in [0.1, 0.15) is 17.7 Å². The van der Waals surface area contributed by atoms with Crippen LogP contribution in [-0.4, -0.2) is 41.0 Å². The van der Waals surface area contributed by atoms with Crippen LogP contribution >= 0.6 is 0 Å². The number of hydrogen-bond acceptors (Lipinski definition) is 4. The van der Waals surface area contributed by atoms with E-state index in [2.05, 4.69) is 10.6 Å². The van der Waals surface area contributed by atoms with E-state index < -0.39 is 23.8 Å². The topological polar surface area (TPSA) is 87.7 Å². The Morgan fingerprint density at radius 3 is 2.24 bits per heavy atom. The lowest BCUT2D eigenvalue weighted by atomic mass is 9.95. The molecule has 2 atom stereocenters. The number of aryl methyl sites for hydroxylation is 2. The Labute approximate surface area is 244 Å². The van der Waals surface area contributed by atoms with Crippen LogP contribution in [0.2, 0.25) is 0 Å². The van der Waals surface area contributed by atoms with E-state index in [-0.39, 0.29) is 17.7 Å². The summed E-state index contributed by atoms with van der Waals surface area (Å²) in [5.41, 5.74) is 2.59. The molecule has 0 fully saturated rings. The molecule has 0 aliphatic carbocycles. The Kier molecular flexibility index (Phi) is 10.5. The van der Waals surface area contributed by atoms with Crippen LogP contribution < -0.4 is 10.6 Å². The smallest absolute Gasteiger partial charge is 0.408 e. The molecule has 0 aliphatic rings. The number of rotatable bonds is 10. The van der Waals surface area contributed by atoms with Crippen molar-refractivity contribution in [1.82, 2.24) is 10.2 Å². The summed E-state index contributed by atoms with van der Waals surface area (Å²) in [4.78, 5) is 42.8. The average molecular weight is 560 g/mol. The third-order valence-corrected chi connectivity index (χ3v) is 6.75. The third kappa shape index (κ3) is 8.81.